The highest BCUT2D eigenvalue weighted by Gasteiger charge is 2.59. The number of ether oxygens (including phenoxy) is 1. The third-order valence-corrected chi connectivity index (χ3v) is 4.67. The molecular formula is C19H11Cl2F3N2O3. The number of benzene rings is 2. The van der Waals surface area contributed by atoms with Crippen LogP contribution in [0.15, 0.2) is 42.5 Å². The summed E-state index contributed by atoms with van der Waals surface area (Å²) in [5.41, 5.74) is -0.850. The quantitative estimate of drug-likeness (QED) is 0.678. The molecular weight excluding hydrogens is 432 g/mol. The van der Waals surface area contributed by atoms with E-state index in [1.807, 2.05) is 6.07 Å². The van der Waals surface area contributed by atoms with Gasteiger partial charge < -0.3 is 4.74 Å². The van der Waals surface area contributed by atoms with Crippen molar-refractivity contribution in [3.8, 4) is 6.07 Å². The van der Waals surface area contributed by atoms with E-state index in [-0.39, 0.29) is 38.0 Å². The number of alkyl halides is 3. The highest BCUT2D eigenvalue weighted by Crippen LogP contribution is 2.48. The molecule has 29 heavy (non-hydrogen) atoms. The Labute approximate surface area is 173 Å². The van der Waals surface area contributed by atoms with Gasteiger partial charge in [0.1, 0.15) is 6.07 Å². The first-order valence-corrected chi connectivity index (χ1v) is 8.70. The first kappa shape index (κ1) is 21.0. The minimum atomic E-state index is -4.86. The molecule has 2 aromatic carbocycles. The fourth-order valence-electron chi connectivity index (χ4n) is 2.85. The average Bonchev–Trinajstić information content (AvgIpc) is 3.13. The van der Waals surface area contributed by atoms with E-state index in [1.54, 1.807) is 0 Å². The first-order chi connectivity index (χ1) is 13.6. The Balaban J connectivity index is 2.13. The standard InChI is InChI=1S/C19H11Cl2F3N2O3/c1-28-17(27)15-3-2-10(4-11(15)9-25)16-8-18(29-26-16,19(22,23)24)12-5-13(20)7-14(21)6-12/h2-8,26H,1H3. The number of carbonyl (C=O) groups is 1. The van der Waals surface area contributed by atoms with Crippen LogP contribution in [0.5, 0.6) is 0 Å². The van der Waals surface area contributed by atoms with Crippen molar-refractivity contribution < 1.29 is 27.5 Å². The zero-order chi connectivity index (χ0) is 21.4. The zero-order valence-corrected chi connectivity index (χ0v) is 16.1. The van der Waals surface area contributed by atoms with E-state index >= 15 is 0 Å². The summed E-state index contributed by atoms with van der Waals surface area (Å²) in [6, 6.07) is 9.23. The smallest absolute Gasteiger partial charge is 0.428 e. The molecule has 150 valence electrons. The molecule has 0 spiro atoms. The Kier molecular flexibility index (Phi) is 5.50. The molecule has 0 saturated carbocycles. The van der Waals surface area contributed by atoms with Gasteiger partial charge in [-0.3, -0.25) is 10.3 Å². The predicted molar refractivity (Wildman–Crippen MR) is 98.9 cm³/mol. The molecule has 1 aliphatic rings. The van der Waals surface area contributed by atoms with Crippen LogP contribution in [0.1, 0.15) is 27.0 Å². The minimum Gasteiger partial charge on any atom is -0.465 e. The number of hydrogen-bond donors (Lipinski definition) is 1. The summed E-state index contributed by atoms with van der Waals surface area (Å²) in [5.74, 6) is -0.740. The SMILES string of the molecule is COC(=O)c1ccc(C2=CC(c3cc(Cl)cc(Cl)c3)(C(F)(F)F)ON2)cc1C#N. The molecule has 0 fully saturated rings. The topological polar surface area (TPSA) is 71.3 Å². The Morgan fingerprint density at radius 3 is 2.41 bits per heavy atom. The van der Waals surface area contributed by atoms with Gasteiger partial charge in [-0.15, -0.1) is 0 Å². The summed E-state index contributed by atoms with van der Waals surface area (Å²) in [5, 5.41) is 9.28. The van der Waals surface area contributed by atoms with Crippen molar-refractivity contribution in [1.29, 1.82) is 5.26 Å². The zero-order valence-electron chi connectivity index (χ0n) is 14.6. The summed E-state index contributed by atoms with van der Waals surface area (Å²) in [6.45, 7) is 0. The second kappa shape index (κ2) is 7.59. The van der Waals surface area contributed by atoms with E-state index in [9.17, 15) is 23.2 Å². The highest BCUT2D eigenvalue weighted by molar-refractivity contribution is 6.34. The predicted octanol–water partition coefficient (Wildman–Crippen LogP) is 4.99. The molecule has 1 heterocycles. The lowest BCUT2D eigenvalue weighted by Gasteiger charge is -2.28. The second-order valence-electron chi connectivity index (χ2n) is 6.02. The molecule has 5 nitrogen and oxygen atoms in total. The molecule has 1 aliphatic heterocycles. The van der Waals surface area contributed by atoms with Gasteiger partial charge >= 0.3 is 12.1 Å². The van der Waals surface area contributed by atoms with Crippen molar-refractivity contribution in [2.24, 2.45) is 0 Å². The number of nitrogens with zero attached hydrogens (tertiary/aromatic N) is 1. The lowest BCUT2D eigenvalue weighted by atomic mass is 9.91. The van der Waals surface area contributed by atoms with Gasteiger partial charge in [-0.25, -0.2) is 4.79 Å². The van der Waals surface area contributed by atoms with Gasteiger partial charge in [0, 0.05) is 21.2 Å². The fraction of sp³-hybridized carbons (Fsp3) is 0.158. The summed E-state index contributed by atoms with van der Waals surface area (Å²) in [4.78, 5) is 16.7. The number of nitrogens with one attached hydrogen (secondary N) is 1. The van der Waals surface area contributed by atoms with Crippen LogP contribution >= 0.6 is 23.2 Å². The van der Waals surface area contributed by atoms with Crippen LogP contribution in [-0.4, -0.2) is 19.3 Å². The number of hydrogen-bond acceptors (Lipinski definition) is 5. The number of methoxy groups -OCH3 is 1. The van der Waals surface area contributed by atoms with Gasteiger partial charge in [0.25, 0.3) is 0 Å². The van der Waals surface area contributed by atoms with Crippen LogP contribution < -0.4 is 5.48 Å². The van der Waals surface area contributed by atoms with Crippen molar-refractivity contribution >= 4 is 34.9 Å². The molecule has 0 aliphatic carbocycles. The van der Waals surface area contributed by atoms with Crippen LogP contribution in [-0.2, 0) is 15.2 Å². The van der Waals surface area contributed by atoms with Gasteiger partial charge in [-0.05, 0) is 36.4 Å². The summed E-state index contributed by atoms with van der Waals surface area (Å²) in [6.07, 6.45) is -4.04. The van der Waals surface area contributed by atoms with E-state index in [2.05, 4.69) is 10.2 Å². The van der Waals surface area contributed by atoms with Crippen LogP contribution in [0.4, 0.5) is 13.2 Å². The van der Waals surface area contributed by atoms with Gasteiger partial charge in [-0.2, -0.15) is 18.4 Å². The van der Waals surface area contributed by atoms with Gasteiger partial charge in [0.2, 0.25) is 5.60 Å². The number of nitriles is 1. The molecule has 0 radical (unpaired) electrons. The molecule has 10 heteroatoms. The van der Waals surface area contributed by atoms with E-state index in [0.29, 0.717) is 0 Å². The molecule has 0 amide bonds. The lowest BCUT2D eigenvalue weighted by molar-refractivity contribution is -0.269. The number of esters is 1. The average molecular weight is 443 g/mol. The van der Waals surface area contributed by atoms with Gasteiger partial charge in [-0.1, -0.05) is 29.3 Å². The van der Waals surface area contributed by atoms with Crippen molar-refractivity contribution in [3.63, 3.8) is 0 Å². The van der Waals surface area contributed by atoms with E-state index in [4.69, 9.17) is 28.0 Å². The van der Waals surface area contributed by atoms with Gasteiger partial charge in [0.05, 0.1) is 23.9 Å². The molecule has 2 aromatic rings. The monoisotopic (exact) mass is 442 g/mol. The Morgan fingerprint density at radius 1 is 1.21 bits per heavy atom. The van der Waals surface area contributed by atoms with Crippen molar-refractivity contribution in [1.82, 2.24) is 5.48 Å². The Morgan fingerprint density at radius 2 is 1.86 bits per heavy atom. The number of hydroxylamine groups is 1. The largest absolute Gasteiger partial charge is 0.465 e. The third kappa shape index (κ3) is 3.77. The Hall–Kier alpha value is -2.73. The normalized spacial score (nSPS) is 18.6. The van der Waals surface area contributed by atoms with Crippen LogP contribution in [0.3, 0.4) is 0 Å². The first-order valence-electron chi connectivity index (χ1n) is 7.94. The highest BCUT2D eigenvalue weighted by atomic mass is 35.5. The summed E-state index contributed by atoms with van der Waals surface area (Å²) in [7, 11) is 1.15. The molecule has 0 aromatic heterocycles. The molecule has 3 rings (SSSR count). The van der Waals surface area contributed by atoms with Crippen molar-refractivity contribution in [2.75, 3.05) is 7.11 Å². The van der Waals surface area contributed by atoms with Crippen molar-refractivity contribution in [2.45, 2.75) is 11.8 Å². The van der Waals surface area contributed by atoms with Crippen molar-refractivity contribution in [3.05, 3.63) is 74.8 Å². The maximum atomic E-state index is 14.0. The lowest BCUT2D eigenvalue weighted by Crippen LogP contribution is -2.42. The Bertz CT molecular complexity index is 1040. The molecule has 0 saturated heterocycles. The van der Waals surface area contributed by atoms with Gasteiger partial charge in [0.15, 0.2) is 0 Å². The molecule has 1 N–H and O–H groups in total. The van der Waals surface area contributed by atoms with Crippen LogP contribution in [0.2, 0.25) is 10.0 Å². The number of halogens is 5. The van der Waals surface area contributed by atoms with E-state index in [0.717, 1.165) is 25.3 Å². The minimum absolute atomic E-state index is 0.00997. The van der Waals surface area contributed by atoms with E-state index < -0.39 is 17.7 Å². The van der Waals surface area contributed by atoms with Crippen LogP contribution in [0, 0.1) is 11.3 Å². The third-order valence-electron chi connectivity index (χ3n) is 4.24. The second-order valence-corrected chi connectivity index (χ2v) is 6.89. The summed E-state index contributed by atoms with van der Waals surface area (Å²) < 4.78 is 46.6. The maximum absolute atomic E-state index is 14.0. The fourth-order valence-corrected chi connectivity index (χ4v) is 3.37. The molecule has 1 atom stereocenters. The van der Waals surface area contributed by atoms with E-state index in [1.165, 1.54) is 24.3 Å². The molecule has 0 bridgehead atoms. The number of carbonyl (C=O) groups excluding carboxylic acids is 1. The summed E-state index contributed by atoms with van der Waals surface area (Å²) >= 11 is 11.7. The van der Waals surface area contributed by atoms with Crippen LogP contribution in [0.25, 0.3) is 5.70 Å². The molecule has 1 unspecified atom stereocenters. The number of rotatable bonds is 3. The maximum Gasteiger partial charge on any atom is 0.428 e.